The van der Waals surface area contributed by atoms with Gasteiger partial charge >= 0.3 is 5.97 Å². The molecule has 5 nitrogen and oxygen atoms in total. The van der Waals surface area contributed by atoms with Crippen LogP contribution in [0.1, 0.15) is 15.9 Å². The normalized spacial score (nSPS) is 10.5. The van der Waals surface area contributed by atoms with Crippen molar-refractivity contribution in [3.63, 3.8) is 0 Å². The molecule has 0 spiro atoms. The van der Waals surface area contributed by atoms with Crippen LogP contribution < -0.4 is 4.74 Å². The number of benzene rings is 3. The van der Waals surface area contributed by atoms with Gasteiger partial charge in [-0.15, -0.1) is 10.2 Å². The van der Waals surface area contributed by atoms with Crippen LogP contribution >= 0.6 is 0 Å². The van der Waals surface area contributed by atoms with E-state index in [-0.39, 0.29) is 11.4 Å². The lowest BCUT2D eigenvalue weighted by Crippen LogP contribution is -2.10. The molecule has 0 unspecified atom stereocenters. The molecule has 4 rings (SSSR count). The minimum atomic E-state index is -0.539. The predicted molar refractivity (Wildman–Crippen MR) is 115 cm³/mol. The van der Waals surface area contributed by atoms with Gasteiger partial charge in [0.1, 0.15) is 17.0 Å². The zero-order chi connectivity index (χ0) is 20.9. The van der Waals surface area contributed by atoms with Crippen molar-refractivity contribution in [3.8, 4) is 34.0 Å². The summed E-state index contributed by atoms with van der Waals surface area (Å²) in [4.78, 5) is 12.9. The number of carbonyl (C=O) groups is 1. The molecular weight excluding hydrogens is 376 g/mol. The second-order valence-electron chi connectivity index (χ2n) is 6.74. The van der Waals surface area contributed by atoms with Gasteiger partial charge in [0, 0.05) is 11.1 Å². The highest BCUT2D eigenvalue weighted by atomic mass is 16.5. The van der Waals surface area contributed by atoms with Gasteiger partial charge in [-0.25, -0.2) is 4.79 Å². The molecule has 0 atom stereocenters. The Hall–Kier alpha value is -3.99. The summed E-state index contributed by atoms with van der Waals surface area (Å²) in [5.41, 5.74) is 4.20. The van der Waals surface area contributed by atoms with Crippen molar-refractivity contribution in [1.82, 2.24) is 10.2 Å². The topological polar surface area (TPSA) is 61.3 Å². The number of esters is 1. The van der Waals surface area contributed by atoms with Gasteiger partial charge in [0.2, 0.25) is 0 Å². The highest BCUT2D eigenvalue weighted by Crippen LogP contribution is 2.38. The molecule has 148 valence electrons. The van der Waals surface area contributed by atoms with Crippen LogP contribution in [0.5, 0.6) is 11.6 Å². The van der Waals surface area contributed by atoms with Crippen LogP contribution in [0.15, 0.2) is 84.9 Å². The third kappa shape index (κ3) is 3.91. The fourth-order valence-corrected chi connectivity index (χ4v) is 3.19. The SMILES string of the molecule is COC(=O)c1c(Oc2ccc(C)cc2)nnc(-c2ccccc2)c1-c1ccccc1. The van der Waals surface area contributed by atoms with E-state index in [1.807, 2.05) is 91.9 Å². The highest BCUT2D eigenvalue weighted by molar-refractivity contribution is 6.03. The molecule has 4 aromatic rings. The van der Waals surface area contributed by atoms with Crippen LogP contribution in [-0.2, 0) is 4.74 Å². The summed E-state index contributed by atoms with van der Waals surface area (Å²) >= 11 is 0. The number of carbonyl (C=O) groups excluding carboxylic acids is 1. The quantitative estimate of drug-likeness (QED) is 0.405. The molecule has 5 heteroatoms. The molecule has 0 aliphatic carbocycles. The molecule has 0 aliphatic rings. The molecule has 30 heavy (non-hydrogen) atoms. The molecule has 0 radical (unpaired) electrons. The Morgan fingerprint density at radius 1 is 0.767 bits per heavy atom. The van der Waals surface area contributed by atoms with Crippen molar-refractivity contribution < 1.29 is 14.3 Å². The Morgan fingerprint density at radius 2 is 1.37 bits per heavy atom. The van der Waals surface area contributed by atoms with Crippen molar-refractivity contribution in [2.45, 2.75) is 6.92 Å². The third-order valence-electron chi connectivity index (χ3n) is 4.68. The monoisotopic (exact) mass is 396 g/mol. The lowest BCUT2D eigenvalue weighted by Gasteiger charge is -2.16. The fourth-order valence-electron chi connectivity index (χ4n) is 3.19. The summed E-state index contributed by atoms with van der Waals surface area (Å²) in [6.07, 6.45) is 0. The van der Waals surface area contributed by atoms with Crippen molar-refractivity contribution in [3.05, 3.63) is 96.1 Å². The molecule has 0 fully saturated rings. The van der Waals surface area contributed by atoms with Gasteiger partial charge in [0.05, 0.1) is 7.11 Å². The molecule has 0 amide bonds. The van der Waals surface area contributed by atoms with Crippen molar-refractivity contribution >= 4 is 5.97 Å². The van der Waals surface area contributed by atoms with E-state index < -0.39 is 5.97 Å². The Labute approximate surface area is 174 Å². The van der Waals surface area contributed by atoms with Crippen LogP contribution in [0.2, 0.25) is 0 Å². The maximum Gasteiger partial charge on any atom is 0.344 e. The van der Waals surface area contributed by atoms with Gasteiger partial charge in [-0.2, -0.15) is 0 Å². The first-order chi connectivity index (χ1) is 14.7. The number of hydrogen-bond acceptors (Lipinski definition) is 5. The van der Waals surface area contributed by atoms with E-state index in [1.54, 1.807) is 0 Å². The Morgan fingerprint density at radius 3 is 1.97 bits per heavy atom. The summed E-state index contributed by atoms with van der Waals surface area (Å²) in [6, 6.07) is 26.7. The predicted octanol–water partition coefficient (Wildman–Crippen LogP) is 5.70. The summed E-state index contributed by atoms with van der Waals surface area (Å²) in [7, 11) is 1.34. The van der Waals surface area contributed by atoms with Gasteiger partial charge in [-0.3, -0.25) is 0 Å². The Balaban J connectivity index is 1.96. The molecule has 3 aromatic carbocycles. The molecule has 0 saturated carbocycles. The van der Waals surface area contributed by atoms with Gasteiger partial charge < -0.3 is 9.47 Å². The first kappa shape index (κ1) is 19.3. The van der Waals surface area contributed by atoms with E-state index in [9.17, 15) is 4.79 Å². The van der Waals surface area contributed by atoms with Crippen molar-refractivity contribution in [2.75, 3.05) is 7.11 Å². The first-order valence-electron chi connectivity index (χ1n) is 9.51. The van der Waals surface area contributed by atoms with Crippen LogP contribution in [0, 0.1) is 6.92 Å². The molecule has 0 bridgehead atoms. The standard InChI is InChI=1S/C25H20N2O3/c1-17-13-15-20(16-14-17)30-24-22(25(28)29-2)21(18-9-5-3-6-10-18)23(26-27-24)19-11-7-4-8-12-19/h3-16H,1-2H3. The number of nitrogens with zero attached hydrogens (tertiary/aromatic N) is 2. The summed E-state index contributed by atoms with van der Waals surface area (Å²) in [5, 5.41) is 8.69. The lowest BCUT2D eigenvalue weighted by molar-refractivity contribution is 0.0597. The third-order valence-corrected chi connectivity index (χ3v) is 4.68. The largest absolute Gasteiger partial charge is 0.465 e. The fraction of sp³-hybridized carbons (Fsp3) is 0.0800. The number of ether oxygens (including phenoxy) is 2. The number of aromatic nitrogens is 2. The van der Waals surface area contributed by atoms with E-state index in [2.05, 4.69) is 10.2 Å². The van der Waals surface area contributed by atoms with E-state index in [0.29, 0.717) is 17.0 Å². The minimum absolute atomic E-state index is 0.101. The zero-order valence-electron chi connectivity index (χ0n) is 16.7. The van der Waals surface area contributed by atoms with Crippen LogP contribution in [0.3, 0.4) is 0 Å². The molecule has 0 N–H and O–H groups in total. The number of hydrogen-bond donors (Lipinski definition) is 0. The summed E-state index contributed by atoms with van der Waals surface area (Å²) < 4.78 is 11.1. The molecule has 0 aliphatic heterocycles. The molecule has 1 heterocycles. The average molecular weight is 396 g/mol. The molecule has 1 aromatic heterocycles. The van der Waals surface area contributed by atoms with E-state index in [1.165, 1.54) is 7.11 Å². The van der Waals surface area contributed by atoms with Crippen LogP contribution in [0.25, 0.3) is 22.4 Å². The van der Waals surface area contributed by atoms with Gasteiger partial charge in [0.25, 0.3) is 5.88 Å². The Kier molecular flexibility index (Phi) is 5.52. The van der Waals surface area contributed by atoms with Gasteiger partial charge in [-0.05, 0) is 24.6 Å². The lowest BCUT2D eigenvalue weighted by atomic mass is 9.95. The van der Waals surface area contributed by atoms with Crippen molar-refractivity contribution in [1.29, 1.82) is 0 Å². The van der Waals surface area contributed by atoms with Crippen LogP contribution in [0.4, 0.5) is 0 Å². The summed E-state index contributed by atoms with van der Waals surface area (Å²) in [5.74, 6) is 0.124. The second-order valence-corrected chi connectivity index (χ2v) is 6.74. The maximum absolute atomic E-state index is 12.9. The first-order valence-corrected chi connectivity index (χ1v) is 9.51. The van der Waals surface area contributed by atoms with Crippen molar-refractivity contribution in [2.24, 2.45) is 0 Å². The number of rotatable bonds is 5. The van der Waals surface area contributed by atoms with E-state index >= 15 is 0 Å². The average Bonchev–Trinajstić information content (AvgIpc) is 2.81. The second kappa shape index (κ2) is 8.57. The van der Waals surface area contributed by atoms with E-state index in [0.717, 1.165) is 16.7 Å². The minimum Gasteiger partial charge on any atom is -0.465 e. The zero-order valence-corrected chi connectivity index (χ0v) is 16.7. The number of methoxy groups -OCH3 is 1. The Bertz CT molecular complexity index is 1160. The van der Waals surface area contributed by atoms with Gasteiger partial charge in [-0.1, -0.05) is 78.4 Å². The summed E-state index contributed by atoms with van der Waals surface area (Å²) in [6.45, 7) is 1.99. The molecule has 0 saturated heterocycles. The van der Waals surface area contributed by atoms with Crippen LogP contribution in [-0.4, -0.2) is 23.3 Å². The highest BCUT2D eigenvalue weighted by Gasteiger charge is 2.26. The molecular formula is C25H20N2O3. The maximum atomic E-state index is 12.9. The smallest absolute Gasteiger partial charge is 0.344 e. The van der Waals surface area contributed by atoms with Gasteiger partial charge in [0.15, 0.2) is 0 Å². The number of aryl methyl sites for hydroxylation is 1. The van der Waals surface area contributed by atoms with E-state index in [4.69, 9.17) is 9.47 Å².